The molecule has 0 radical (unpaired) electrons. The van der Waals surface area contributed by atoms with E-state index in [4.69, 9.17) is 16.6 Å². The molecule has 1 aliphatic heterocycles. The summed E-state index contributed by atoms with van der Waals surface area (Å²) in [7, 11) is 1.53. The molecule has 3 aromatic rings. The summed E-state index contributed by atoms with van der Waals surface area (Å²) in [6.45, 7) is 2.14. The van der Waals surface area contributed by atoms with E-state index in [9.17, 15) is 0 Å². The first-order valence-electron chi connectivity index (χ1n) is 7.79. The Kier molecular flexibility index (Phi) is 3.46. The molecule has 1 aromatic carbocycles. The third-order valence-electron chi connectivity index (χ3n) is 4.64. The van der Waals surface area contributed by atoms with Crippen molar-refractivity contribution in [3.05, 3.63) is 29.4 Å². The van der Waals surface area contributed by atoms with Crippen LogP contribution in [0.25, 0.3) is 21.8 Å². The minimum absolute atomic E-state index is 0.432. The lowest BCUT2D eigenvalue weighted by Crippen LogP contribution is -2.38. The van der Waals surface area contributed by atoms with E-state index >= 15 is 0 Å². The third-order valence-corrected chi connectivity index (χ3v) is 7.45. The molecule has 0 aliphatic carbocycles. The second kappa shape index (κ2) is 5.28. The molecular weight excluding hydrogens is 328 g/mol. The average molecular weight is 349 g/mol. The van der Waals surface area contributed by atoms with Gasteiger partial charge in [0.15, 0.2) is 5.82 Å². The summed E-state index contributed by atoms with van der Waals surface area (Å²) in [6.07, 6.45) is 6.92. The number of hydrogen-bond donors (Lipinski definition) is 0. The zero-order valence-corrected chi connectivity index (χ0v) is 15.3. The first kappa shape index (κ1) is 15.1. The Labute approximate surface area is 142 Å². The number of halogens is 1. The molecule has 0 N–H and O–H groups in total. The molecule has 4 rings (SSSR count). The zero-order valence-electron chi connectivity index (χ0n) is 13.7. The lowest BCUT2D eigenvalue weighted by Gasteiger charge is -2.41. The highest BCUT2D eigenvalue weighted by Crippen LogP contribution is 2.43. The Morgan fingerprint density at radius 3 is 2.61 bits per heavy atom. The second-order valence-electron chi connectivity index (χ2n) is 6.82. The maximum atomic E-state index is 6.18. The minimum atomic E-state index is -0.432. The summed E-state index contributed by atoms with van der Waals surface area (Å²) < 4.78 is 1.87. The van der Waals surface area contributed by atoms with Gasteiger partial charge in [-0.05, 0) is 42.2 Å². The van der Waals surface area contributed by atoms with Crippen molar-refractivity contribution in [2.45, 2.75) is 0 Å². The Hall–Kier alpha value is -1.46. The molecule has 0 spiro atoms. The first-order valence-corrected chi connectivity index (χ1v) is 11.0. The van der Waals surface area contributed by atoms with Gasteiger partial charge in [-0.15, -0.1) is 0 Å². The van der Waals surface area contributed by atoms with Crippen LogP contribution in [0.3, 0.4) is 0 Å². The van der Waals surface area contributed by atoms with Crippen molar-refractivity contribution in [1.29, 1.82) is 0 Å². The fourth-order valence-corrected chi connectivity index (χ4v) is 5.01. The fraction of sp³-hybridized carbons (Fsp3) is 0.412. The fourth-order valence-electron chi connectivity index (χ4n) is 3.20. The predicted molar refractivity (Wildman–Crippen MR) is 102 cm³/mol. The maximum absolute atomic E-state index is 6.18. The molecule has 6 heteroatoms. The quantitative estimate of drug-likeness (QED) is 0.673. The van der Waals surface area contributed by atoms with Crippen molar-refractivity contribution < 1.29 is 0 Å². The highest BCUT2D eigenvalue weighted by Gasteiger charge is 2.25. The van der Waals surface area contributed by atoms with Crippen LogP contribution in [0.1, 0.15) is 0 Å². The van der Waals surface area contributed by atoms with Gasteiger partial charge in [-0.2, -0.15) is 5.10 Å². The molecule has 0 saturated carbocycles. The van der Waals surface area contributed by atoms with Crippen LogP contribution in [-0.4, -0.2) is 51.9 Å². The van der Waals surface area contributed by atoms with E-state index in [1.165, 1.54) is 11.5 Å². The number of fused-ring (bicyclic) bond motifs is 3. The van der Waals surface area contributed by atoms with Crippen molar-refractivity contribution >= 4 is 49.3 Å². The number of rotatable bonds is 1. The first-order chi connectivity index (χ1) is 10.9. The number of aromatic nitrogens is 3. The maximum Gasteiger partial charge on any atom is 0.157 e. The van der Waals surface area contributed by atoms with Crippen LogP contribution in [0.2, 0.25) is 5.02 Å². The topological polar surface area (TPSA) is 34.0 Å². The second-order valence-corrected chi connectivity index (χ2v) is 11.6. The molecule has 1 fully saturated rings. The summed E-state index contributed by atoms with van der Waals surface area (Å²) in [5, 5.41) is 7.63. The van der Waals surface area contributed by atoms with Crippen LogP contribution >= 0.6 is 21.6 Å². The number of aryl methyl sites for hydroxylation is 1. The Morgan fingerprint density at radius 2 is 1.87 bits per heavy atom. The van der Waals surface area contributed by atoms with Crippen LogP contribution in [-0.2, 0) is 7.05 Å². The van der Waals surface area contributed by atoms with Gasteiger partial charge in [0.05, 0.1) is 5.52 Å². The average Bonchev–Trinajstić information content (AvgIpc) is 2.89. The summed E-state index contributed by atoms with van der Waals surface area (Å²) in [5.74, 6) is 3.55. The standard InChI is InChI=1S/C17H21ClN4S/c1-21-11-14-13-10-12(18)4-5-15(13)19-17(16(14)20-21)22-6-8-23(2,3)9-7-22/h4-5,10-11H,6-9H2,1-3H3. The van der Waals surface area contributed by atoms with Gasteiger partial charge in [-0.3, -0.25) is 4.68 Å². The van der Waals surface area contributed by atoms with E-state index in [0.29, 0.717) is 0 Å². The number of anilines is 1. The van der Waals surface area contributed by atoms with Crippen LogP contribution in [0.4, 0.5) is 5.82 Å². The van der Waals surface area contributed by atoms with E-state index in [-0.39, 0.29) is 0 Å². The van der Waals surface area contributed by atoms with Gasteiger partial charge in [0.1, 0.15) is 5.52 Å². The van der Waals surface area contributed by atoms with Gasteiger partial charge in [0.25, 0.3) is 0 Å². The third kappa shape index (κ3) is 2.66. The van der Waals surface area contributed by atoms with Crippen LogP contribution in [0.15, 0.2) is 24.4 Å². The van der Waals surface area contributed by atoms with Gasteiger partial charge in [-0.1, -0.05) is 11.6 Å². The number of nitrogens with zero attached hydrogens (tertiary/aromatic N) is 4. The zero-order chi connectivity index (χ0) is 16.2. The molecule has 0 bridgehead atoms. The highest BCUT2D eigenvalue weighted by atomic mass is 35.5. The molecule has 0 unspecified atom stereocenters. The van der Waals surface area contributed by atoms with Crippen LogP contribution in [0.5, 0.6) is 0 Å². The lowest BCUT2D eigenvalue weighted by molar-refractivity contribution is 0.775. The molecular formula is C17H21ClN4S. The Morgan fingerprint density at radius 1 is 1.13 bits per heavy atom. The number of pyridine rings is 1. The monoisotopic (exact) mass is 348 g/mol. The van der Waals surface area contributed by atoms with Crippen molar-refractivity contribution in [2.24, 2.45) is 7.05 Å². The van der Waals surface area contributed by atoms with E-state index in [0.717, 1.165) is 45.7 Å². The van der Waals surface area contributed by atoms with Gasteiger partial charge in [0, 0.05) is 42.1 Å². The smallest absolute Gasteiger partial charge is 0.157 e. The summed E-state index contributed by atoms with van der Waals surface area (Å²) >= 11 is 6.18. The Balaban J connectivity index is 1.90. The molecule has 2 aromatic heterocycles. The highest BCUT2D eigenvalue weighted by molar-refractivity contribution is 8.32. The molecule has 4 nitrogen and oxygen atoms in total. The lowest BCUT2D eigenvalue weighted by atomic mass is 10.1. The largest absolute Gasteiger partial charge is 0.353 e. The molecule has 0 atom stereocenters. The predicted octanol–water partition coefficient (Wildman–Crippen LogP) is 3.66. The molecule has 1 aliphatic rings. The van der Waals surface area contributed by atoms with Gasteiger partial charge in [0.2, 0.25) is 0 Å². The van der Waals surface area contributed by atoms with Crippen molar-refractivity contribution in [1.82, 2.24) is 14.8 Å². The minimum Gasteiger partial charge on any atom is -0.353 e. The molecule has 1 saturated heterocycles. The number of hydrogen-bond acceptors (Lipinski definition) is 3. The summed E-state index contributed by atoms with van der Waals surface area (Å²) in [5.41, 5.74) is 1.97. The Bertz CT molecular complexity index is 892. The molecule has 0 amide bonds. The van der Waals surface area contributed by atoms with Gasteiger partial charge >= 0.3 is 0 Å². The van der Waals surface area contributed by atoms with E-state index in [1.54, 1.807) is 0 Å². The van der Waals surface area contributed by atoms with Crippen molar-refractivity contribution in [3.8, 4) is 0 Å². The van der Waals surface area contributed by atoms with Gasteiger partial charge in [-0.25, -0.2) is 15.0 Å². The SMILES string of the molecule is Cn1cc2c(n1)c(N1CCS(C)(C)CC1)nc1ccc(Cl)cc12. The van der Waals surface area contributed by atoms with Crippen LogP contribution < -0.4 is 4.90 Å². The van der Waals surface area contributed by atoms with E-state index < -0.39 is 10.0 Å². The van der Waals surface area contributed by atoms with E-state index in [2.05, 4.69) is 28.7 Å². The molecule has 3 heterocycles. The van der Waals surface area contributed by atoms with Crippen molar-refractivity contribution in [3.63, 3.8) is 0 Å². The van der Waals surface area contributed by atoms with E-state index in [1.807, 2.05) is 29.9 Å². The van der Waals surface area contributed by atoms with Crippen LogP contribution in [0, 0.1) is 0 Å². The van der Waals surface area contributed by atoms with Crippen molar-refractivity contribution in [2.75, 3.05) is 42.0 Å². The summed E-state index contributed by atoms with van der Waals surface area (Å²) in [4.78, 5) is 7.33. The molecule has 23 heavy (non-hydrogen) atoms. The summed E-state index contributed by atoms with van der Waals surface area (Å²) in [6, 6.07) is 5.90. The molecule has 122 valence electrons. The number of benzene rings is 1. The normalized spacial score (nSPS) is 19.4. The van der Waals surface area contributed by atoms with Gasteiger partial charge < -0.3 is 4.90 Å².